The largest absolute Gasteiger partial charge is 0.379 e. The number of hydrogen-bond donors (Lipinski definition) is 0. The van der Waals surface area contributed by atoms with Crippen molar-refractivity contribution >= 4 is 27.4 Å². The Morgan fingerprint density at radius 3 is 2.65 bits per heavy atom. The number of nitrogens with zero attached hydrogens (tertiary/aromatic N) is 2. The maximum absolute atomic E-state index is 12.5. The Kier molecular flexibility index (Phi) is 4.41. The van der Waals surface area contributed by atoms with E-state index in [1.165, 1.54) is 37.3 Å². The summed E-state index contributed by atoms with van der Waals surface area (Å²) in [5.74, 6) is -0.252. The zero-order valence-corrected chi connectivity index (χ0v) is 14.9. The average Bonchev–Trinajstić information content (AvgIpc) is 2.89. The SMILES string of the molecule is CC(=O)N1c2ccc(S(=O)(=O)Oc3cccc([N+](=O)[O-])c3)cc2CC1C. The lowest BCUT2D eigenvalue weighted by molar-refractivity contribution is -0.384. The van der Waals surface area contributed by atoms with Crippen molar-refractivity contribution in [2.24, 2.45) is 0 Å². The van der Waals surface area contributed by atoms with Crippen molar-refractivity contribution in [3.05, 3.63) is 58.1 Å². The fourth-order valence-electron chi connectivity index (χ4n) is 3.07. The van der Waals surface area contributed by atoms with Gasteiger partial charge in [-0.2, -0.15) is 8.42 Å². The summed E-state index contributed by atoms with van der Waals surface area (Å²) in [6.45, 7) is 3.34. The van der Waals surface area contributed by atoms with E-state index in [-0.39, 0.29) is 28.3 Å². The van der Waals surface area contributed by atoms with Crippen molar-refractivity contribution in [2.45, 2.75) is 31.2 Å². The number of nitro benzene ring substituents is 1. The molecular weight excluding hydrogens is 360 g/mol. The molecule has 2 aromatic rings. The zero-order valence-electron chi connectivity index (χ0n) is 14.1. The summed E-state index contributed by atoms with van der Waals surface area (Å²) in [7, 11) is -4.16. The molecule has 26 heavy (non-hydrogen) atoms. The van der Waals surface area contributed by atoms with Crippen LogP contribution >= 0.6 is 0 Å². The number of non-ortho nitro benzene ring substituents is 1. The maximum atomic E-state index is 12.5. The van der Waals surface area contributed by atoms with Crippen LogP contribution in [-0.4, -0.2) is 25.3 Å². The predicted molar refractivity (Wildman–Crippen MR) is 93.7 cm³/mol. The number of fused-ring (bicyclic) bond motifs is 1. The van der Waals surface area contributed by atoms with Crippen LogP contribution in [0.1, 0.15) is 19.4 Å². The molecule has 0 spiro atoms. The average molecular weight is 376 g/mol. The Bertz CT molecular complexity index is 1000. The third kappa shape index (κ3) is 3.25. The number of carbonyl (C=O) groups is 1. The van der Waals surface area contributed by atoms with Crippen LogP contribution in [0.5, 0.6) is 5.75 Å². The molecule has 0 aromatic heterocycles. The summed E-state index contributed by atoms with van der Waals surface area (Å²) in [6.07, 6.45) is 0.537. The van der Waals surface area contributed by atoms with Crippen molar-refractivity contribution in [2.75, 3.05) is 4.90 Å². The van der Waals surface area contributed by atoms with E-state index in [0.29, 0.717) is 12.1 Å². The fraction of sp³-hybridized carbons (Fsp3) is 0.235. The zero-order chi connectivity index (χ0) is 19.1. The number of benzene rings is 2. The summed E-state index contributed by atoms with van der Waals surface area (Å²) in [5.41, 5.74) is 1.15. The van der Waals surface area contributed by atoms with Crippen LogP contribution < -0.4 is 9.08 Å². The minimum Gasteiger partial charge on any atom is -0.379 e. The maximum Gasteiger partial charge on any atom is 0.339 e. The molecule has 1 aliphatic rings. The number of carbonyl (C=O) groups excluding carboxylic acids is 1. The van der Waals surface area contributed by atoms with Gasteiger partial charge in [0.2, 0.25) is 5.91 Å². The molecule has 0 radical (unpaired) electrons. The molecule has 1 atom stereocenters. The second kappa shape index (κ2) is 6.41. The van der Waals surface area contributed by atoms with E-state index in [1.807, 2.05) is 6.92 Å². The first-order valence-corrected chi connectivity index (χ1v) is 9.21. The van der Waals surface area contributed by atoms with Gasteiger partial charge in [-0.05, 0) is 43.2 Å². The Balaban J connectivity index is 1.92. The van der Waals surface area contributed by atoms with Crippen molar-refractivity contribution in [1.29, 1.82) is 0 Å². The lowest BCUT2D eigenvalue weighted by atomic mass is 10.1. The molecular formula is C17H16N2O6S. The van der Waals surface area contributed by atoms with E-state index in [1.54, 1.807) is 11.0 Å². The van der Waals surface area contributed by atoms with Gasteiger partial charge in [0.15, 0.2) is 0 Å². The van der Waals surface area contributed by atoms with Gasteiger partial charge >= 0.3 is 10.1 Å². The predicted octanol–water partition coefficient (Wildman–Crippen LogP) is 2.66. The highest BCUT2D eigenvalue weighted by Gasteiger charge is 2.30. The van der Waals surface area contributed by atoms with Gasteiger partial charge in [-0.1, -0.05) is 6.07 Å². The van der Waals surface area contributed by atoms with E-state index in [0.717, 1.165) is 11.6 Å². The normalized spacial score (nSPS) is 16.2. The Hall–Kier alpha value is -2.94. The van der Waals surface area contributed by atoms with Gasteiger partial charge in [0.1, 0.15) is 10.6 Å². The van der Waals surface area contributed by atoms with Crippen molar-refractivity contribution in [3.8, 4) is 5.75 Å². The summed E-state index contributed by atoms with van der Waals surface area (Å²) >= 11 is 0. The summed E-state index contributed by atoms with van der Waals surface area (Å²) in [4.78, 5) is 23.5. The topological polar surface area (TPSA) is 107 Å². The molecule has 8 nitrogen and oxygen atoms in total. The molecule has 136 valence electrons. The second-order valence-corrected chi connectivity index (χ2v) is 7.57. The molecule has 0 bridgehead atoms. The Labute approximate surface area is 150 Å². The van der Waals surface area contributed by atoms with Gasteiger partial charge in [0.25, 0.3) is 5.69 Å². The van der Waals surface area contributed by atoms with Gasteiger partial charge < -0.3 is 9.08 Å². The van der Waals surface area contributed by atoms with Gasteiger partial charge in [0, 0.05) is 24.7 Å². The fourth-order valence-corrected chi connectivity index (χ4v) is 4.04. The van der Waals surface area contributed by atoms with E-state index < -0.39 is 15.0 Å². The molecule has 0 N–H and O–H groups in total. The van der Waals surface area contributed by atoms with Gasteiger partial charge in [-0.25, -0.2) is 0 Å². The van der Waals surface area contributed by atoms with E-state index >= 15 is 0 Å². The molecule has 0 fully saturated rings. The quantitative estimate of drug-likeness (QED) is 0.461. The molecule has 1 aliphatic heterocycles. The number of anilines is 1. The monoisotopic (exact) mass is 376 g/mol. The van der Waals surface area contributed by atoms with Crippen LogP contribution in [0.2, 0.25) is 0 Å². The highest BCUT2D eigenvalue weighted by atomic mass is 32.2. The van der Waals surface area contributed by atoms with Crippen molar-refractivity contribution in [3.63, 3.8) is 0 Å². The molecule has 1 unspecified atom stereocenters. The van der Waals surface area contributed by atoms with Gasteiger partial charge in [-0.3, -0.25) is 14.9 Å². The first-order chi connectivity index (χ1) is 12.2. The molecule has 0 saturated carbocycles. The van der Waals surface area contributed by atoms with E-state index in [4.69, 9.17) is 4.18 Å². The molecule has 0 saturated heterocycles. The number of rotatable bonds is 4. The van der Waals surface area contributed by atoms with Crippen LogP contribution in [0, 0.1) is 10.1 Å². The number of amides is 1. The Morgan fingerprint density at radius 2 is 2.00 bits per heavy atom. The third-order valence-corrected chi connectivity index (χ3v) is 5.37. The highest BCUT2D eigenvalue weighted by Crippen LogP contribution is 2.34. The van der Waals surface area contributed by atoms with Crippen LogP contribution in [-0.2, 0) is 21.3 Å². The van der Waals surface area contributed by atoms with Crippen LogP contribution in [0.4, 0.5) is 11.4 Å². The minimum absolute atomic E-state index is 0.0573. The van der Waals surface area contributed by atoms with Crippen LogP contribution in [0.15, 0.2) is 47.4 Å². The molecule has 2 aromatic carbocycles. The lowest BCUT2D eigenvalue weighted by Crippen LogP contribution is -2.33. The lowest BCUT2D eigenvalue weighted by Gasteiger charge is -2.20. The number of nitro groups is 1. The molecule has 1 heterocycles. The number of hydrogen-bond acceptors (Lipinski definition) is 6. The first-order valence-electron chi connectivity index (χ1n) is 7.81. The smallest absolute Gasteiger partial charge is 0.339 e. The van der Waals surface area contributed by atoms with Crippen molar-refractivity contribution in [1.82, 2.24) is 0 Å². The molecule has 9 heteroatoms. The first kappa shape index (κ1) is 17.9. The summed E-state index contributed by atoms with van der Waals surface area (Å²) in [6, 6.07) is 9.32. The molecule has 3 rings (SSSR count). The third-order valence-electron chi connectivity index (χ3n) is 4.13. The molecule has 1 amide bonds. The molecule has 0 aliphatic carbocycles. The van der Waals surface area contributed by atoms with E-state index in [2.05, 4.69) is 0 Å². The standard InChI is InChI=1S/C17H16N2O6S/c1-11-8-13-9-16(6-7-17(13)18(11)12(2)20)26(23,24)25-15-5-3-4-14(10-15)19(21)22/h3-7,9-11H,8H2,1-2H3. The highest BCUT2D eigenvalue weighted by molar-refractivity contribution is 7.87. The van der Waals surface area contributed by atoms with E-state index in [9.17, 15) is 23.3 Å². The van der Waals surface area contributed by atoms with Gasteiger partial charge in [-0.15, -0.1) is 0 Å². The van der Waals surface area contributed by atoms with Crippen LogP contribution in [0.25, 0.3) is 0 Å². The van der Waals surface area contributed by atoms with Crippen molar-refractivity contribution < 1.29 is 22.3 Å². The summed E-state index contributed by atoms with van der Waals surface area (Å²) in [5, 5.41) is 10.8. The summed E-state index contributed by atoms with van der Waals surface area (Å²) < 4.78 is 30.0. The Morgan fingerprint density at radius 1 is 1.27 bits per heavy atom. The van der Waals surface area contributed by atoms with Crippen LogP contribution in [0.3, 0.4) is 0 Å². The van der Waals surface area contributed by atoms with Gasteiger partial charge in [0.05, 0.1) is 11.0 Å². The minimum atomic E-state index is -4.16. The second-order valence-electron chi connectivity index (χ2n) is 6.02.